The lowest BCUT2D eigenvalue weighted by Crippen LogP contribution is -2.57. The Bertz CT molecular complexity index is 1420. The predicted molar refractivity (Wildman–Crippen MR) is 159 cm³/mol. The Morgan fingerprint density at radius 2 is 1.59 bits per heavy atom. The number of nitrogens with zero attached hydrogens (tertiary/aromatic N) is 4. The van der Waals surface area contributed by atoms with Gasteiger partial charge in [0.05, 0.1) is 24.4 Å². The normalized spacial score (nSPS) is 19.2. The number of ether oxygens (including phenoxy) is 1. The number of pyridine rings is 2. The van der Waals surface area contributed by atoms with E-state index in [4.69, 9.17) is 9.72 Å². The summed E-state index contributed by atoms with van der Waals surface area (Å²) >= 11 is 2.36. The molecule has 0 aliphatic carbocycles. The van der Waals surface area contributed by atoms with Crippen LogP contribution in [0.25, 0.3) is 11.0 Å². The van der Waals surface area contributed by atoms with E-state index in [1.165, 1.54) is 20.3 Å². The van der Waals surface area contributed by atoms with E-state index in [1.807, 2.05) is 12.1 Å². The molecule has 37 heavy (non-hydrogen) atoms. The summed E-state index contributed by atoms with van der Waals surface area (Å²) < 4.78 is 8.30. The Balaban J connectivity index is 1.54. The minimum absolute atomic E-state index is 0.0341. The molecular weight excluding hydrogens is 575 g/mol. The highest BCUT2D eigenvalue weighted by Gasteiger charge is 2.36. The quantitative estimate of drug-likeness (QED) is 0.279. The average Bonchev–Trinajstić information content (AvgIpc) is 2.90. The minimum Gasteiger partial charge on any atom is -0.481 e. The number of hydrogen-bond acceptors (Lipinski definition) is 5. The summed E-state index contributed by atoms with van der Waals surface area (Å²) in [5.74, 6) is 0.546. The number of hydrogen-bond donors (Lipinski definition) is 0. The number of methoxy groups -OCH3 is 1. The fourth-order valence-electron chi connectivity index (χ4n) is 5.44. The van der Waals surface area contributed by atoms with Crippen molar-refractivity contribution in [1.82, 2.24) is 14.5 Å². The van der Waals surface area contributed by atoms with Gasteiger partial charge in [0.25, 0.3) is 5.56 Å². The van der Waals surface area contributed by atoms with Gasteiger partial charge in [-0.25, -0.2) is 4.98 Å². The highest BCUT2D eigenvalue weighted by molar-refractivity contribution is 14.1. The number of aromatic nitrogens is 2. The molecule has 5 rings (SSSR count). The van der Waals surface area contributed by atoms with Crippen molar-refractivity contribution in [1.29, 1.82) is 0 Å². The number of benzene rings is 2. The third-order valence-corrected chi connectivity index (χ3v) is 8.23. The number of anilines is 1. The summed E-state index contributed by atoms with van der Waals surface area (Å²) in [4.78, 5) is 22.6. The summed E-state index contributed by atoms with van der Waals surface area (Å²) in [6.07, 6.45) is 0. The molecule has 1 fully saturated rings. The van der Waals surface area contributed by atoms with E-state index in [-0.39, 0.29) is 23.7 Å². The van der Waals surface area contributed by atoms with Gasteiger partial charge in [0.2, 0.25) is 5.88 Å². The number of fused-ring (bicyclic) bond motifs is 1. The van der Waals surface area contributed by atoms with Gasteiger partial charge in [-0.3, -0.25) is 9.69 Å². The minimum atomic E-state index is -0.0341. The first-order valence-corrected chi connectivity index (χ1v) is 13.7. The zero-order valence-electron chi connectivity index (χ0n) is 22.0. The van der Waals surface area contributed by atoms with Crippen LogP contribution in [0, 0.1) is 10.5 Å². The van der Waals surface area contributed by atoms with Crippen LogP contribution in [0.1, 0.15) is 36.6 Å². The first-order valence-electron chi connectivity index (χ1n) is 12.7. The molecule has 0 radical (unpaired) electrons. The summed E-state index contributed by atoms with van der Waals surface area (Å²) in [6, 6.07) is 23.8. The van der Waals surface area contributed by atoms with Crippen LogP contribution in [0.2, 0.25) is 0 Å². The Hall–Kier alpha value is -2.91. The fraction of sp³-hybridized carbons (Fsp3) is 0.333. The van der Waals surface area contributed by atoms with Crippen molar-refractivity contribution in [2.24, 2.45) is 7.05 Å². The van der Waals surface area contributed by atoms with Crippen LogP contribution >= 0.6 is 22.6 Å². The molecule has 1 unspecified atom stereocenters. The van der Waals surface area contributed by atoms with Crippen molar-refractivity contribution in [2.75, 3.05) is 25.1 Å². The molecule has 2 aromatic carbocycles. The summed E-state index contributed by atoms with van der Waals surface area (Å²) in [5, 5.41) is 0. The Kier molecular flexibility index (Phi) is 7.27. The van der Waals surface area contributed by atoms with E-state index < -0.39 is 0 Å². The van der Waals surface area contributed by atoms with Crippen molar-refractivity contribution in [3.8, 4) is 5.88 Å². The molecule has 192 valence electrons. The predicted octanol–water partition coefficient (Wildman–Crippen LogP) is 5.54. The van der Waals surface area contributed by atoms with Gasteiger partial charge in [0, 0.05) is 47.9 Å². The third kappa shape index (κ3) is 4.99. The smallest absolute Gasteiger partial charge is 0.252 e. The van der Waals surface area contributed by atoms with Gasteiger partial charge >= 0.3 is 0 Å². The maximum absolute atomic E-state index is 12.9. The van der Waals surface area contributed by atoms with Crippen LogP contribution in [-0.2, 0) is 7.05 Å². The van der Waals surface area contributed by atoms with Gasteiger partial charge in [0.1, 0.15) is 5.52 Å². The van der Waals surface area contributed by atoms with Gasteiger partial charge < -0.3 is 14.2 Å². The standard InChI is InChI=1S/C30H33IN4O2/c1-19-6-8-22(9-7-19)30(23-10-12-24(31)13-11-23)35-18-20(2)34(17-21(35)3)26-16-28(36)33(4)25-14-15-27(37-5)32-29(25)26/h6-16,20-21,30H,17-18H2,1-5H3/t20-,21+,30?/m0/s1. The van der Waals surface area contributed by atoms with Crippen molar-refractivity contribution in [3.05, 3.63) is 97.3 Å². The van der Waals surface area contributed by atoms with E-state index in [9.17, 15) is 4.79 Å². The molecule has 0 saturated carbocycles. The van der Waals surface area contributed by atoms with Crippen molar-refractivity contribution >= 4 is 39.3 Å². The Morgan fingerprint density at radius 1 is 0.946 bits per heavy atom. The van der Waals surface area contributed by atoms with E-state index in [2.05, 4.69) is 102 Å². The molecule has 1 saturated heterocycles. The van der Waals surface area contributed by atoms with Crippen LogP contribution in [0.4, 0.5) is 5.69 Å². The van der Waals surface area contributed by atoms with Crippen LogP contribution in [0.3, 0.4) is 0 Å². The highest BCUT2D eigenvalue weighted by Crippen LogP contribution is 2.36. The third-order valence-electron chi connectivity index (χ3n) is 7.51. The van der Waals surface area contributed by atoms with Crippen LogP contribution < -0.4 is 15.2 Å². The lowest BCUT2D eigenvalue weighted by atomic mass is 9.93. The molecule has 0 bridgehead atoms. The highest BCUT2D eigenvalue weighted by atomic mass is 127. The summed E-state index contributed by atoms with van der Waals surface area (Å²) in [5.41, 5.74) is 6.29. The molecule has 0 amide bonds. The van der Waals surface area contributed by atoms with Gasteiger partial charge in [-0.15, -0.1) is 0 Å². The zero-order valence-corrected chi connectivity index (χ0v) is 24.1. The molecule has 0 N–H and O–H groups in total. The van der Waals surface area contributed by atoms with Crippen molar-refractivity contribution in [2.45, 2.75) is 38.9 Å². The molecule has 6 nitrogen and oxygen atoms in total. The molecule has 3 heterocycles. The monoisotopic (exact) mass is 608 g/mol. The molecule has 3 atom stereocenters. The maximum atomic E-state index is 12.9. The van der Waals surface area contributed by atoms with E-state index in [0.717, 1.165) is 29.8 Å². The molecular formula is C30H33IN4O2. The second-order valence-corrected chi connectivity index (χ2v) is 11.3. The van der Waals surface area contributed by atoms with Gasteiger partial charge in [-0.05, 0) is 72.7 Å². The van der Waals surface area contributed by atoms with Crippen LogP contribution in [0.15, 0.2) is 71.5 Å². The van der Waals surface area contributed by atoms with Gasteiger partial charge in [0.15, 0.2) is 0 Å². The van der Waals surface area contributed by atoms with Crippen molar-refractivity contribution in [3.63, 3.8) is 0 Å². The Morgan fingerprint density at radius 3 is 2.24 bits per heavy atom. The Labute approximate surface area is 232 Å². The molecule has 1 aliphatic heterocycles. The summed E-state index contributed by atoms with van der Waals surface area (Å²) in [6.45, 7) is 8.29. The lowest BCUT2D eigenvalue weighted by molar-refractivity contribution is 0.130. The van der Waals surface area contributed by atoms with Gasteiger partial charge in [-0.1, -0.05) is 42.0 Å². The lowest BCUT2D eigenvalue weighted by Gasteiger charge is -2.48. The van der Waals surface area contributed by atoms with E-state index in [0.29, 0.717) is 5.88 Å². The average molecular weight is 609 g/mol. The van der Waals surface area contributed by atoms with E-state index >= 15 is 0 Å². The van der Waals surface area contributed by atoms with Crippen LogP contribution in [-0.4, -0.2) is 46.7 Å². The molecule has 4 aromatic rings. The largest absolute Gasteiger partial charge is 0.481 e. The van der Waals surface area contributed by atoms with Crippen molar-refractivity contribution < 1.29 is 4.74 Å². The molecule has 7 heteroatoms. The molecule has 0 spiro atoms. The maximum Gasteiger partial charge on any atom is 0.252 e. The number of aryl methyl sites for hydroxylation is 2. The molecule has 2 aromatic heterocycles. The zero-order chi connectivity index (χ0) is 26.3. The SMILES string of the molecule is COc1ccc2c(n1)c(N1C[C@@H](C)N(C(c3ccc(C)cc3)c3ccc(I)cc3)C[C@@H]1C)cc(=O)n2C. The number of piperazine rings is 1. The summed E-state index contributed by atoms with van der Waals surface area (Å²) in [7, 11) is 3.41. The number of rotatable bonds is 5. The van der Waals surface area contributed by atoms with Crippen LogP contribution in [0.5, 0.6) is 5.88 Å². The van der Waals surface area contributed by atoms with Gasteiger partial charge in [-0.2, -0.15) is 0 Å². The first-order chi connectivity index (χ1) is 17.8. The molecule has 1 aliphatic rings. The number of halogens is 1. The first kappa shape index (κ1) is 25.7. The second kappa shape index (κ2) is 10.5. The second-order valence-electron chi connectivity index (χ2n) is 10.1. The topological polar surface area (TPSA) is 50.6 Å². The fourth-order valence-corrected chi connectivity index (χ4v) is 5.80. The van der Waals surface area contributed by atoms with E-state index in [1.54, 1.807) is 24.8 Å².